The molecule has 0 aliphatic carbocycles. The molecule has 2 rings (SSSR count). The highest BCUT2D eigenvalue weighted by Gasteiger charge is 2.20. The number of hydrogen-bond donors (Lipinski definition) is 1. The van der Waals surface area contributed by atoms with E-state index in [4.69, 9.17) is 14.0 Å². The maximum atomic E-state index is 11.9. The second-order valence-electron chi connectivity index (χ2n) is 4.71. The zero-order valence-electron chi connectivity index (χ0n) is 11.8. The fourth-order valence-electron chi connectivity index (χ4n) is 2.01. The number of aromatic nitrogens is 2. The molecular formula is C12H20N4O4. The number of methoxy groups -OCH3 is 1. The SMILES string of the molecule is COCc1noc(CNC(=O)N(C)C[C@@H]2CCCO2)n1. The number of nitrogens with one attached hydrogen (secondary N) is 1. The van der Waals surface area contributed by atoms with Crippen molar-refractivity contribution in [2.24, 2.45) is 0 Å². The van der Waals surface area contributed by atoms with Gasteiger partial charge in [0, 0.05) is 27.3 Å². The molecule has 1 saturated heterocycles. The van der Waals surface area contributed by atoms with Crippen molar-refractivity contribution in [1.29, 1.82) is 0 Å². The fraction of sp³-hybridized carbons (Fsp3) is 0.750. The molecule has 20 heavy (non-hydrogen) atoms. The number of amides is 2. The van der Waals surface area contributed by atoms with E-state index in [1.54, 1.807) is 19.1 Å². The van der Waals surface area contributed by atoms with Crippen LogP contribution >= 0.6 is 0 Å². The summed E-state index contributed by atoms with van der Waals surface area (Å²) in [4.78, 5) is 17.6. The van der Waals surface area contributed by atoms with Gasteiger partial charge in [0.2, 0.25) is 5.89 Å². The van der Waals surface area contributed by atoms with Crippen LogP contribution < -0.4 is 5.32 Å². The van der Waals surface area contributed by atoms with Gasteiger partial charge in [-0.1, -0.05) is 5.16 Å². The van der Waals surface area contributed by atoms with Crippen molar-refractivity contribution >= 4 is 6.03 Å². The van der Waals surface area contributed by atoms with Gasteiger partial charge in [-0.15, -0.1) is 0 Å². The van der Waals surface area contributed by atoms with E-state index in [1.165, 1.54) is 0 Å². The molecule has 1 aliphatic rings. The third-order valence-electron chi connectivity index (χ3n) is 3.02. The number of nitrogens with zero attached hydrogens (tertiary/aromatic N) is 3. The van der Waals surface area contributed by atoms with Crippen molar-refractivity contribution in [3.05, 3.63) is 11.7 Å². The Hall–Kier alpha value is -1.67. The summed E-state index contributed by atoms with van der Waals surface area (Å²) in [5.41, 5.74) is 0. The molecule has 0 spiro atoms. The van der Waals surface area contributed by atoms with Crippen LogP contribution in [0.4, 0.5) is 4.79 Å². The van der Waals surface area contributed by atoms with Gasteiger partial charge in [0.25, 0.3) is 0 Å². The summed E-state index contributed by atoms with van der Waals surface area (Å²) < 4.78 is 15.4. The summed E-state index contributed by atoms with van der Waals surface area (Å²) in [6.07, 6.45) is 2.20. The van der Waals surface area contributed by atoms with Crippen LogP contribution in [0.5, 0.6) is 0 Å². The molecular weight excluding hydrogens is 264 g/mol. The van der Waals surface area contributed by atoms with Gasteiger partial charge in [-0.05, 0) is 12.8 Å². The number of urea groups is 1. The van der Waals surface area contributed by atoms with E-state index < -0.39 is 0 Å². The molecule has 1 fully saturated rings. The van der Waals surface area contributed by atoms with Gasteiger partial charge < -0.3 is 24.2 Å². The third kappa shape index (κ3) is 4.17. The molecule has 0 unspecified atom stereocenters. The molecule has 1 aliphatic heterocycles. The van der Waals surface area contributed by atoms with E-state index in [9.17, 15) is 4.79 Å². The van der Waals surface area contributed by atoms with Gasteiger partial charge in [-0.3, -0.25) is 0 Å². The lowest BCUT2D eigenvalue weighted by Gasteiger charge is -2.20. The summed E-state index contributed by atoms with van der Waals surface area (Å²) in [7, 11) is 3.29. The summed E-state index contributed by atoms with van der Waals surface area (Å²) >= 11 is 0. The molecule has 8 nitrogen and oxygen atoms in total. The monoisotopic (exact) mass is 284 g/mol. The summed E-state index contributed by atoms with van der Waals surface area (Å²) in [6, 6.07) is -0.188. The number of ether oxygens (including phenoxy) is 2. The fourth-order valence-corrected chi connectivity index (χ4v) is 2.01. The van der Waals surface area contributed by atoms with Crippen LogP contribution in [-0.2, 0) is 22.6 Å². The van der Waals surface area contributed by atoms with Gasteiger partial charge in [-0.2, -0.15) is 4.98 Å². The summed E-state index contributed by atoms with van der Waals surface area (Å²) in [6.45, 7) is 1.86. The lowest BCUT2D eigenvalue weighted by atomic mass is 10.2. The van der Waals surface area contributed by atoms with E-state index >= 15 is 0 Å². The minimum atomic E-state index is -0.188. The van der Waals surface area contributed by atoms with Crippen LogP contribution in [0.25, 0.3) is 0 Å². The van der Waals surface area contributed by atoms with Crippen LogP contribution in [0, 0.1) is 0 Å². The Morgan fingerprint density at radius 1 is 1.60 bits per heavy atom. The molecule has 0 saturated carbocycles. The number of likely N-dealkylation sites (N-methyl/N-ethyl adjacent to an activating group) is 1. The minimum Gasteiger partial charge on any atom is -0.377 e. The first kappa shape index (κ1) is 14.7. The molecule has 0 radical (unpaired) electrons. The van der Waals surface area contributed by atoms with E-state index in [0.717, 1.165) is 19.4 Å². The zero-order chi connectivity index (χ0) is 14.4. The van der Waals surface area contributed by atoms with Gasteiger partial charge in [0.05, 0.1) is 12.6 Å². The third-order valence-corrected chi connectivity index (χ3v) is 3.02. The molecule has 0 aromatic carbocycles. The molecule has 1 aromatic rings. The molecule has 2 amide bonds. The lowest BCUT2D eigenvalue weighted by Crippen LogP contribution is -2.40. The highest BCUT2D eigenvalue weighted by Crippen LogP contribution is 2.12. The van der Waals surface area contributed by atoms with Crippen molar-refractivity contribution in [1.82, 2.24) is 20.4 Å². The quantitative estimate of drug-likeness (QED) is 0.820. The van der Waals surface area contributed by atoms with Gasteiger partial charge in [0.1, 0.15) is 6.61 Å². The predicted octanol–water partition coefficient (Wildman–Crippen LogP) is 0.536. The highest BCUT2D eigenvalue weighted by atomic mass is 16.5. The van der Waals surface area contributed by atoms with E-state index in [0.29, 0.717) is 18.3 Å². The first-order chi connectivity index (χ1) is 9.69. The lowest BCUT2D eigenvalue weighted by molar-refractivity contribution is 0.0873. The molecule has 1 N–H and O–H groups in total. The molecule has 1 atom stereocenters. The van der Waals surface area contributed by atoms with Crippen molar-refractivity contribution < 1.29 is 18.8 Å². The maximum absolute atomic E-state index is 11.9. The summed E-state index contributed by atoms with van der Waals surface area (Å²) in [5, 5.41) is 6.44. The number of hydrogen-bond acceptors (Lipinski definition) is 6. The Bertz CT molecular complexity index is 431. The Morgan fingerprint density at radius 2 is 2.45 bits per heavy atom. The van der Waals surface area contributed by atoms with Gasteiger partial charge in [0.15, 0.2) is 5.82 Å². The van der Waals surface area contributed by atoms with Crippen molar-refractivity contribution in [2.45, 2.75) is 32.1 Å². The first-order valence-electron chi connectivity index (χ1n) is 6.60. The zero-order valence-corrected chi connectivity index (χ0v) is 11.8. The molecule has 112 valence electrons. The Balaban J connectivity index is 1.72. The van der Waals surface area contributed by atoms with Crippen molar-refractivity contribution in [3.63, 3.8) is 0 Å². The molecule has 1 aromatic heterocycles. The normalized spacial score (nSPS) is 18.2. The van der Waals surface area contributed by atoms with E-state index in [-0.39, 0.29) is 25.3 Å². The largest absolute Gasteiger partial charge is 0.377 e. The average molecular weight is 284 g/mol. The average Bonchev–Trinajstić information content (AvgIpc) is 3.08. The van der Waals surface area contributed by atoms with Crippen molar-refractivity contribution in [2.75, 3.05) is 27.3 Å². The van der Waals surface area contributed by atoms with Crippen LogP contribution in [-0.4, -0.2) is 54.5 Å². The Morgan fingerprint density at radius 3 is 3.15 bits per heavy atom. The van der Waals surface area contributed by atoms with E-state index in [1.807, 2.05) is 0 Å². The second-order valence-corrected chi connectivity index (χ2v) is 4.71. The van der Waals surface area contributed by atoms with Crippen LogP contribution in [0.2, 0.25) is 0 Å². The standard InChI is InChI=1S/C12H20N4O4/c1-16(7-9-4-3-5-19-9)12(17)13-6-11-14-10(8-18-2)15-20-11/h9H,3-8H2,1-2H3,(H,13,17)/t9-/m0/s1. The predicted molar refractivity (Wildman–Crippen MR) is 68.9 cm³/mol. The Kier molecular flexibility index (Phi) is 5.31. The molecule has 2 heterocycles. The summed E-state index contributed by atoms with van der Waals surface area (Å²) in [5.74, 6) is 0.820. The molecule has 0 bridgehead atoms. The smallest absolute Gasteiger partial charge is 0.317 e. The van der Waals surface area contributed by atoms with Crippen LogP contribution in [0.1, 0.15) is 24.6 Å². The Labute approximate surface area is 117 Å². The second kappa shape index (κ2) is 7.20. The minimum absolute atomic E-state index is 0.141. The maximum Gasteiger partial charge on any atom is 0.317 e. The number of rotatable bonds is 6. The van der Waals surface area contributed by atoms with E-state index in [2.05, 4.69) is 15.5 Å². The number of carbonyl (C=O) groups excluding carboxylic acids is 1. The van der Waals surface area contributed by atoms with Crippen LogP contribution in [0.15, 0.2) is 4.52 Å². The van der Waals surface area contributed by atoms with Crippen molar-refractivity contribution in [3.8, 4) is 0 Å². The highest BCUT2D eigenvalue weighted by molar-refractivity contribution is 5.73. The van der Waals surface area contributed by atoms with Gasteiger partial charge >= 0.3 is 6.03 Å². The van der Waals surface area contributed by atoms with Gasteiger partial charge in [-0.25, -0.2) is 4.79 Å². The topological polar surface area (TPSA) is 89.7 Å². The molecule has 8 heteroatoms. The first-order valence-corrected chi connectivity index (χ1v) is 6.60. The number of carbonyl (C=O) groups is 1. The van der Waals surface area contributed by atoms with Crippen LogP contribution in [0.3, 0.4) is 0 Å².